The Labute approximate surface area is 78.3 Å². The van der Waals surface area contributed by atoms with Crippen LogP contribution in [-0.4, -0.2) is 12.5 Å². The number of aryl methyl sites for hydroxylation is 1. The predicted molar refractivity (Wildman–Crippen MR) is 52.0 cm³/mol. The largest absolute Gasteiger partial charge is 0.493 e. The van der Waals surface area contributed by atoms with E-state index in [4.69, 9.17) is 16.3 Å². The molecule has 12 heavy (non-hydrogen) atoms. The summed E-state index contributed by atoms with van der Waals surface area (Å²) in [6, 6.07) is 7.99. The molecule has 66 valence electrons. The van der Waals surface area contributed by atoms with E-state index in [1.165, 1.54) is 5.56 Å². The van der Waals surface area contributed by atoms with Crippen molar-refractivity contribution in [1.82, 2.24) is 0 Å². The van der Waals surface area contributed by atoms with Crippen molar-refractivity contribution in [2.75, 3.05) is 12.5 Å². The molecule has 0 bridgehead atoms. The van der Waals surface area contributed by atoms with Crippen LogP contribution < -0.4 is 4.74 Å². The molecule has 0 heterocycles. The Morgan fingerprint density at radius 3 is 2.75 bits per heavy atom. The number of halogens is 1. The van der Waals surface area contributed by atoms with Gasteiger partial charge in [-0.3, -0.25) is 0 Å². The molecular formula is C10H13ClO. The molecule has 1 nitrogen and oxygen atoms in total. The van der Waals surface area contributed by atoms with Crippen LogP contribution in [0.5, 0.6) is 5.75 Å². The molecule has 0 spiro atoms. The van der Waals surface area contributed by atoms with Crippen molar-refractivity contribution in [3.63, 3.8) is 0 Å². The molecule has 0 radical (unpaired) electrons. The van der Waals surface area contributed by atoms with Gasteiger partial charge in [-0.05, 0) is 25.0 Å². The number of rotatable bonds is 4. The Morgan fingerprint density at radius 2 is 2.08 bits per heavy atom. The molecule has 1 aromatic carbocycles. The maximum Gasteiger partial charge on any atom is 0.122 e. The summed E-state index contributed by atoms with van der Waals surface area (Å²) in [5.41, 5.74) is 1.17. The van der Waals surface area contributed by atoms with Crippen LogP contribution in [0.1, 0.15) is 12.0 Å². The predicted octanol–water partition coefficient (Wildman–Crippen LogP) is 3.00. The summed E-state index contributed by atoms with van der Waals surface area (Å²) >= 11 is 5.53. The van der Waals surface area contributed by atoms with Crippen molar-refractivity contribution in [1.29, 1.82) is 0 Å². The Kier molecular flexibility index (Phi) is 3.95. The van der Waals surface area contributed by atoms with Crippen LogP contribution in [0.25, 0.3) is 0 Å². The molecular weight excluding hydrogens is 172 g/mol. The first kappa shape index (κ1) is 9.40. The fourth-order valence-electron chi connectivity index (χ4n) is 0.955. The minimum atomic E-state index is 0.659. The maximum absolute atomic E-state index is 5.53. The van der Waals surface area contributed by atoms with Crippen LogP contribution >= 0.6 is 11.6 Å². The Bertz CT molecular complexity index is 235. The van der Waals surface area contributed by atoms with Crippen molar-refractivity contribution >= 4 is 11.6 Å². The molecule has 1 rings (SSSR count). The number of alkyl halides is 1. The van der Waals surface area contributed by atoms with Crippen LogP contribution in [0.2, 0.25) is 0 Å². The molecule has 0 aliphatic rings. The topological polar surface area (TPSA) is 9.23 Å². The SMILES string of the molecule is Cc1ccccc1OCCCCl. The van der Waals surface area contributed by atoms with E-state index < -0.39 is 0 Å². The van der Waals surface area contributed by atoms with E-state index in [0.717, 1.165) is 12.2 Å². The van der Waals surface area contributed by atoms with Crippen molar-refractivity contribution in [2.24, 2.45) is 0 Å². The molecule has 0 unspecified atom stereocenters. The van der Waals surface area contributed by atoms with E-state index >= 15 is 0 Å². The number of ether oxygens (including phenoxy) is 1. The summed E-state index contributed by atoms with van der Waals surface area (Å²) in [5.74, 6) is 1.62. The zero-order valence-corrected chi connectivity index (χ0v) is 7.97. The van der Waals surface area contributed by atoms with Crippen molar-refractivity contribution in [2.45, 2.75) is 13.3 Å². The molecule has 0 N–H and O–H groups in total. The van der Waals surface area contributed by atoms with Crippen LogP contribution in [-0.2, 0) is 0 Å². The lowest BCUT2D eigenvalue weighted by molar-refractivity contribution is 0.316. The van der Waals surface area contributed by atoms with E-state index in [9.17, 15) is 0 Å². The molecule has 2 heteroatoms. The summed E-state index contributed by atoms with van der Waals surface area (Å²) in [5, 5.41) is 0. The summed E-state index contributed by atoms with van der Waals surface area (Å²) in [4.78, 5) is 0. The van der Waals surface area contributed by atoms with Gasteiger partial charge in [0.25, 0.3) is 0 Å². The van der Waals surface area contributed by atoms with Gasteiger partial charge in [-0.1, -0.05) is 18.2 Å². The first-order chi connectivity index (χ1) is 5.84. The van der Waals surface area contributed by atoms with Gasteiger partial charge < -0.3 is 4.74 Å². The second kappa shape index (κ2) is 5.04. The minimum Gasteiger partial charge on any atom is -0.493 e. The average Bonchev–Trinajstić information content (AvgIpc) is 2.09. The smallest absolute Gasteiger partial charge is 0.122 e. The van der Waals surface area contributed by atoms with E-state index in [1.807, 2.05) is 31.2 Å². The van der Waals surface area contributed by atoms with E-state index in [2.05, 4.69) is 0 Å². The number of hydrogen-bond acceptors (Lipinski definition) is 1. The molecule has 0 fully saturated rings. The Balaban J connectivity index is 2.46. The third-order valence-electron chi connectivity index (χ3n) is 1.63. The molecule has 0 amide bonds. The second-order valence-electron chi connectivity index (χ2n) is 2.66. The van der Waals surface area contributed by atoms with Gasteiger partial charge in [0.15, 0.2) is 0 Å². The summed E-state index contributed by atoms with van der Waals surface area (Å²) < 4.78 is 5.49. The van der Waals surface area contributed by atoms with E-state index in [0.29, 0.717) is 12.5 Å². The highest BCUT2D eigenvalue weighted by molar-refractivity contribution is 6.17. The lowest BCUT2D eigenvalue weighted by atomic mass is 10.2. The zero-order valence-electron chi connectivity index (χ0n) is 7.22. The molecule has 0 saturated heterocycles. The average molecular weight is 185 g/mol. The van der Waals surface area contributed by atoms with Gasteiger partial charge in [0, 0.05) is 5.88 Å². The third kappa shape index (κ3) is 2.74. The van der Waals surface area contributed by atoms with Crippen molar-refractivity contribution < 1.29 is 4.74 Å². The van der Waals surface area contributed by atoms with Crippen LogP contribution in [0.15, 0.2) is 24.3 Å². The fraction of sp³-hybridized carbons (Fsp3) is 0.400. The third-order valence-corrected chi connectivity index (χ3v) is 1.90. The van der Waals surface area contributed by atoms with Crippen LogP contribution in [0.3, 0.4) is 0 Å². The Morgan fingerprint density at radius 1 is 1.33 bits per heavy atom. The monoisotopic (exact) mass is 184 g/mol. The van der Waals surface area contributed by atoms with Crippen molar-refractivity contribution in [3.8, 4) is 5.75 Å². The lowest BCUT2D eigenvalue weighted by Gasteiger charge is -2.06. The quantitative estimate of drug-likeness (QED) is 0.517. The number of benzene rings is 1. The standard InChI is InChI=1S/C10H13ClO/c1-9-5-2-3-6-10(9)12-8-4-7-11/h2-3,5-6H,4,7-8H2,1H3. The number of para-hydroxylation sites is 1. The van der Waals surface area contributed by atoms with Crippen molar-refractivity contribution in [3.05, 3.63) is 29.8 Å². The fourth-order valence-corrected chi connectivity index (χ4v) is 1.06. The molecule has 0 saturated carbocycles. The van der Waals surface area contributed by atoms with Crippen LogP contribution in [0.4, 0.5) is 0 Å². The molecule has 1 aromatic rings. The van der Waals surface area contributed by atoms with Gasteiger partial charge >= 0.3 is 0 Å². The maximum atomic E-state index is 5.53. The number of hydrogen-bond donors (Lipinski definition) is 0. The van der Waals surface area contributed by atoms with E-state index in [-0.39, 0.29) is 0 Å². The molecule has 0 atom stereocenters. The molecule has 0 aliphatic heterocycles. The van der Waals surface area contributed by atoms with Gasteiger partial charge in [-0.2, -0.15) is 0 Å². The van der Waals surface area contributed by atoms with Gasteiger partial charge in [0.1, 0.15) is 5.75 Å². The summed E-state index contributed by atoms with van der Waals surface area (Å²) in [6.45, 7) is 2.74. The molecule has 0 aliphatic carbocycles. The van der Waals surface area contributed by atoms with Gasteiger partial charge in [0.2, 0.25) is 0 Å². The first-order valence-electron chi connectivity index (χ1n) is 4.09. The van der Waals surface area contributed by atoms with Gasteiger partial charge in [-0.25, -0.2) is 0 Å². The highest BCUT2D eigenvalue weighted by Crippen LogP contribution is 2.15. The zero-order chi connectivity index (χ0) is 8.81. The summed E-state index contributed by atoms with van der Waals surface area (Å²) in [7, 11) is 0. The Hall–Kier alpha value is -0.690. The molecule has 0 aromatic heterocycles. The minimum absolute atomic E-state index is 0.659. The lowest BCUT2D eigenvalue weighted by Crippen LogP contribution is -1.98. The first-order valence-corrected chi connectivity index (χ1v) is 4.62. The van der Waals surface area contributed by atoms with Crippen LogP contribution in [0, 0.1) is 6.92 Å². The highest BCUT2D eigenvalue weighted by Gasteiger charge is 1.95. The van der Waals surface area contributed by atoms with Gasteiger partial charge in [0.05, 0.1) is 6.61 Å². The highest BCUT2D eigenvalue weighted by atomic mass is 35.5. The summed E-state index contributed by atoms with van der Waals surface area (Å²) in [6.07, 6.45) is 0.899. The van der Waals surface area contributed by atoms with E-state index in [1.54, 1.807) is 0 Å². The second-order valence-corrected chi connectivity index (χ2v) is 3.03. The van der Waals surface area contributed by atoms with Gasteiger partial charge in [-0.15, -0.1) is 11.6 Å². The normalized spacial score (nSPS) is 9.83.